The summed E-state index contributed by atoms with van der Waals surface area (Å²) >= 11 is 0. The lowest BCUT2D eigenvalue weighted by molar-refractivity contribution is -0.137. The third-order valence-corrected chi connectivity index (χ3v) is 7.62. The van der Waals surface area contributed by atoms with Crippen LogP contribution in [0.25, 0.3) is 5.53 Å². The van der Waals surface area contributed by atoms with E-state index in [4.69, 9.17) is 9.96 Å². The summed E-state index contributed by atoms with van der Waals surface area (Å²) < 4.78 is 10.6. The second-order valence-electron chi connectivity index (χ2n) is 5.78. The topological polar surface area (TPSA) is 71.9 Å². The number of nitrogens with zero attached hydrogens (tertiary/aromatic N) is 2. The molecular formula is C13H24N2O3Si. The van der Waals surface area contributed by atoms with Crippen LogP contribution in [0.5, 0.6) is 0 Å². The number of rotatable bonds is 5. The van der Waals surface area contributed by atoms with Crippen LogP contribution in [0.1, 0.15) is 34.1 Å². The van der Waals surface area contributed by atoms with Gasteiger partial charge in [-0.25, -0.2) is 4.79 Å². The molecule has 0 rings (SSSR count). The van der Waals surface area contributed by atoms with Gasteiger partial charge in [0.1, 0.15) is 0 Å². The highest BCUT2D eigenvalue weighted by Gasteiger charge is 2.42. The highest BCUT2D eigenvalue weighted by atomic mass is 28.4. The van der Waals surface area contributed by atoms with Gasteiger partial charge in [-0.15, -0.1) is 0 Å². The first kappa shape index (κ1) is 17.6. The van der Waals surface area contributed by atoms with E-state index in [1.807, 2.05) is 6.92 Å². The Morgan fingerprint density at radius 3 is 2.21 bits per heavy atom. The van der Waals surface area contributed by atoms with Crippen LogP contribution in [0.15, 0.2) is 11.8 Å². The fraction of sp³-hybridized carbons (Fsp3) is 0.692. The maximum atomic E-state index is 11.6. The normalized spacial score (nSPS) is 12.7. The summed E-state index contributed by atoms with van der Waals surface area (Å²) in [7, 11) is -0.871. The summed E-state index contributed by atoms with van der Waals surface area (Å²) in [6.07, 6.45) is 2.40. The third kappa shape index (κ3) is 4.65. The Balaban J connectivity index is 5.45. The van der Waals surface area contributed by atoms with Crippen molar-refractivity contribution >= 4 is 20.0 Å². The van der Waals surface area contributed by atoms with Crippen LogP contribution in [-0.2, 0) is 14.0 Å². The van der Waals surface area contributed by atoms with Crippen molar-refractivity contribution in [2.75, 3.05) is 7.11 Å². The van der Waals surface area contributed by atoms with Crippen molar-refractivity contribution in [1.29, 1.82) is 0 Å². The molecule has 0 aromatic rings. The van der Waals surface area contributed by atoms with Gasteiger partial charge in [-0.1, -0.05) is 27.7 Å². The molecule has 0 aliphatic rings. The summed E-state index contributed by atoms with van der Waals surface area (Å²) in [4.78, 5) is 14.6. The van der Waals surface area contributed by atoms with Crippen molar-refractivity contribution in [2.45, 2.75) is 52.2 Å². The fourth-order valence-electron chi connectivity index (χ4n) is 1.09. The van der Waals surface area contributed by atoms with E-state index in [0.29, 0.717) is 12.2 Å². The van der Waals surface area contributed by atoms with Gasteiger partial charge in [-0.2, -0.15) is 4.79 Å². The number of methoxy groups -OCH3 is 1. The lowest BCUT2D eigenvalue weighted by atomic mass is 10.2. The molecule has 0 spiro atoms. The summed E-state index contributed by atoms with van der Waals surface area (Å²) in [6.45, 7) is 12.3. The molecule has 0 bridgehead atoms. The molecule has 0 unspecified atom stereocenters. The van der Waals surface area contributed by atoms with E-state index >= 15 is 0 Å². The number of ether oxygens (including phenoxy) is 1. The van der Waals surface area contributed by atoms with Crippen LogP contribution in [0, 0.1) is 0 Å². The quantitative estimate of drug-likeness (QED) is 0.194. The van der Waals surface area contributed by atoms with Crippen molar-refractivity contribution in [1.82, 2.24) is 0 Å². The first-order valence-corrected chi connectivity index (χ1v) is 9.21. The molecule has 0 heterocycles. The third-order valence-electron chi connectivity index (χ3n) is 3.27. The zero-order valence-corrected chi connectivity index (χ0v) is 13.9. The zero-order chi connectivity index (χ0) is 15.3. The number of hydrogen-bond acceptors (Lipinski definition) is 3. The van der Waals surface area contributed by atoms with Gasteiger partial charge in [0.05, 0.1) is 7.11 Å². The minimum atomic E-state index is -2.11. The molecule has 0 aliphatic carbocycles. The molecule has 0 amide bonds. The SMILES string of the molecule is CC/C=C(\O[Si](C)(C)C(C)(C)C)C(=[N+]=[N-])C(=O)OC. The number of allylic oxidation sites excluding steroid dienone is 1. The Bertz CT molecular complexity index is 416. The monoisotopic (exact) mass is 284 g/mol. The van der Waals surface area contributed by atoms with Gasteiger partial charge in [0.2, 0.25) is 0 Å². The maximum absolute atomic E-state index is 11.6. The summed E-state index contributed by atoms with van der Waals surface area (Å²) in [6, 6.07) is 0. The van der Waals surface area contributed by atoms with Gasteiger partial charge in [-0.05, 0) is 30.6 Å². The minimum absolute atomic E-state index is 0.0173. The van der Waals surface area contributed by atoms with Crippen LogP contribution in [-0.4, -0.2) is 31.9 Å². The summed E-state index contributed by atoms with van der Waals surface area (Å²) in [5.74, 6) is -0.413. The molecule has 0 aromatic heterocycles. The van der Waals surface area contributed by atoms with E-state index in [0.717, 1.165) is 0 Å². The molecule has 19 heavy (non-hydrogen) atoms. The van der Waals surface area contributed by atoms with Gasteiger partial charge in [-0.3, -0.25) is 0 Å². The highest BCUT2D eigenvalue weighted by Crippen LogP contribution is 2.38. The standard InChI is InChI=1S/C13H24N2O3Si/c1-8-9-10(11(15-14)12(16)17-5)18-19(6,7)13(2,3)4/h9H,8H2,1-7H3/b10-9-. The van der Waals surface area contributed by atoms with E-state index in [1.165, 1.54) is 7.11 Å². The van der Waals surface area contributed by atoms with Gasteiger partial charge in [0.15, 0.2) is 5.76 Å². The lowest BCUT2D eigenvalue weighted by Gasteiger charge is -2.36. The van der Waals surface area contributed by atoms with Gasteiger partial charge in [0, 0.05) is 0 Å². The molecule has 0 fully saturated rings. The van der Waals surface area contributed by atoms with Gasteiger partial charge >= 0.3 is 11.7 Å². The Kier molecular flexibility index (Phi) is 6.19. The van der Waals surface area contributed by atoms with Gasteiger partial charge < -0.3 is 14.7 Å². The molecule has 0 N–H and O–H groups in total. The summed E-state index contributed by atoms with van der Waals surface area (Å²) in [5.41, 5.74) is 8.82. The summed E-state index contributed by atoms with van der Waals surface area (Å²) in [5, 5.41) is -0.0173. The van der Waals surface area contributed by atoms with Crippen molar-refractivity contribution in [2.24, 2.45) is 0 Å². The largest absolute Gasteiger partial charge is 0.538 e. The predicted molar refractivity (Wildman–Crippen MR) is 77.3 cm³/mol. The van der Waals surface area contributed by atoms with Crippen molar-refractivity contribution in [3.05, 3.63) is 17.4 Å². The molecule has 5 nitrogen and oxygen atoms in total. The molecule has 6 heteroatoms. The molecular weight excluding hydrogens is 260 g/mol. The average molecular weight is 284 g/mol. The predicted octanol–water partition coefficient (Wildman–Crippen LogP) is 3.15. The molecule has 0 saturated carbocycles. The van der Waals surface area contributed by atoms with Crippen LogP contribution in [0.3, 0.4) is 0 Å². The lowest BCUT2D eigenvalue weighted by Crippen LogP contribution is -2.42. The van der Waals surface area contributed by atoms with E-state index in [-0.39, 0.29) is 10.7 Å². The maximum Gasteiger partial charge on any atom is 0.438 e. The van der Waals surface area contributed by atoms with Crippen molar-refractivity contribution < 1.29 is 18.7 Å². The van der Waals surface area contributed by atoms with Gasteiger partial charge in [0.25, 0.3) is 8.32 Å². The molecule has 0 aromatic carbocycles. The first-order valence-electron chi connectivity index (χ1n) is 6.30. The highest BCUT2D eigenvalue weighted by molar-refractivity contribution is 6.74. The minimum Gasteiger partial charge on any atom is -0.538 e. The first-order chi connectivity index (χ1) is 8.60. The Morgan fingerprint density at radius 2 is 1.89 bits per heavy atom. The Hall–Kier alpha value is -1.39. The molecule has 0 aliphatic heterocycles. The number of carbonyl (C=O) groups is 1. The fourth-order valence-corrected chi connectivity index (χ4v) is 2.12. The average Bonchev–Trinajstić information content (AvgIpc) is 2.27. The zero-order valence-electron chi connectivity index (χ0n) is 12.9. The smallest absolute Gasteiger partial charge is 0.438 e. The number of esters is 1. The van der Waals surface area contributed by atoms with Crippen LogP contribution >= 0.6 is 0 Å². The number of hydrogen-bond donors (Lipinski definition) is 0. The van der Waals surface area contributed by atoms with E-state index in [1.54, 1.807) is 6.08 Å². The molecule has 0 radical (unpaired) electrons. The van der Waals surface area contributed by atoms with Crippen molar-refractivity contribution in [3.8, 4) is 0 Å². The van der Waals surface area contributed by atoms with Crippen LogP contribution in [0.4, 0.5) is 0 Å². The second kappa shape index (κ2) is 6.68. The second-order valence-corrected chi connectivity index (χ2v) is 10.5. The van der Waals surface area contributed by atoms with Crippen LogP contribution < -0.4 is 0 Å². The Labute approximate surface area is 116 Å². The van der Waals surface area contributed by atoms with E-state index in [9.17, 15) is 4.79 Å². The Morgan fingerprint density at radius 1 is 1.37 bits per heavy atom. The molecule has 0 saturated heterocycles. The molecule has 0 atom stereocenters. The van der Waals surface area contributed by atoms with Crippen LogP contribution in [0.2, 0.25) is 18.1 Å². The van der Waals surface area contributed by atoms with E-state index < -0.39 is 14.3 Å². The number of carbonyl (C=O) groups excluding carboxylic acids is 1. The van der Waals surface area contributed by atoms with Crippen molar-refractivity contribution in [3.63, 3.8) is 0 Å². The van der Waals surface area contributed by atoms with E-state index in [2.05, 4.69) is 43.4 Å². The molecule has 108 valence electrons.